The molecule has 1 amide bonds. The van der Waals surface area contributed by atoms with Crippen molar-refractivity contribution in [2.45, 2.75) is 57.0 Å². The van der Waals surface area contributed by atoms with Gasteiger partial charge in [-0.25, -0.2) is 0 Å². The number of hydrogen-bond donors (Lipinski definition) is 2. The number of nitrogens with one attached hydrogen (secondary N) is 1. The molecule has 3 aliphatic rings. The van der Waals surface area contributed by atoms with Crippen LogP contribution in [-0.2, 0) is 4.79 Å². The van der Waals surface area contributed by atoms with Gasteiger partial charge in [0.15, 0.2) is 0 Å². The second-order valence-corrected chi connectivity index (χ2v) is 6.77. The molecule has 0 bridgehead atoms. The zero-order chi connectivity index (χ0) is 13.5. The first kappa shape index (κ1) is 13.3. The van der Waals surface area contributed by atoms with Gasteiger partial charge in [0.1, 0.15) is 0 Å². The number of fused-ring (bicyclic) bond motifs is 1. The van der Waals surface area contributed by atoms with Gasteiger partial charge in [-0.1, -0.05) is 18.6 Å². The Morgan fingerprint density at radius 2 is 2.05 bits per heavy atom. The Bertz CT molecular complexity index is 394. The Kier molecular flexibility index (Phi) is 3.52. The molecule has 3 rings (SSSR count). The average molecular weight is 281 g/mol. The van der Waals surface area contributed by atoms with Crippen LogP contribution in [0.2, 0.25) is 0 Å². The lowest BCUT2D eigenvalue weighted by Crippen LogP contribution is -2.57. The normalized spacial score (nSPS) is 33.3. The van der Waals surface area contributed by atoms with Gasteiger partial charge in [-0.15, -0.1) is 0 Å². The summed E-state index contributed by atoms with van der Waals surface area (Å²) in [5.41, 5.74) is 5.26. The maximum Gasteiger partial charge on any atom is 0.233 e. The van der Waals surface area contributed by atoms with E-state index in [0.717, 1.165) is 38.6 Å². The molecule has 2 unspecified atom stereocenters. The highest BCUT2D eigenvalue weighted by Crippen LogP contribution is 2.41. The van der Waals surface area contributed by atoms with Crippen LogP contribution in [-0.4, -0.2) is 41.0 Å². The number of nitrogens with two attached hydrogens (primary N) is 1. The second-order valence-electron chi connectivity index (χ2n) is 6.33. The van der Waals surface area contributed by atoms with E-state index in [1.165, 1.54) is 19.4 Å². The van der Waals surface area contributed by atoms with Gasteiger partial charge in [0.2, 0.25) is 5.91 Å². The summed E-state index contributed by atoms with van der Waals surface area (Å²) in [5.74, 6) is 0.0858. The van der Waals surface area contributed by atoms with Crippen LogP contribution in [0.25, 0.3) is 0 Å². The van der Waals surface area contributed by atoms with Gasteiger partial charge >= 0.3 is 0 Å². The summed E-state index contributed by atoms with van der Waals surface area (Å²) in [6, 6.07) is 1.000. The maximum atomic E-state index is 12.5. The smallest absolute Gasteiger partial charge is 0.233 e. The van der Waals surface area contributed by atoms with Crippen LogP contribution in [0.4, 0.5) is 0 Å². The first-order valence-electron chi connectivity index (χ1n) is 7.47. The van der Waals surface area contributed by atoms with Crippen molar-refractivity contribution in [2.24, 2.45) is 11.1 Å². The van der Waals surface area contributed by atoms with Crippen molar-refractivity contribution >= 4 is 23.1 Å². The second kappa shape index (κ2) is 5.02. The molecule has 1 aliphatic carbocycles. The van der Waals surface area contributed by atoms with Crippen LogP contribution in [0.5, 0.6) is 0 Å². The number of rotatable bonds is 3. The summed E-state index contributed by atoms with van der Waals surface area (Å²) in [5, 5.41) is 3.22. The molecule has 2 aliphatic heterocycles. The van der Waals surface area contributed by atoms with Crippen LogP contribution in [0.15, 0.2) is 0 Å². The summed E-state index contributed by atoms with van der Waals surface area (Å²) < 4.78 is 0. The van der Waals surface area contributed by atoms with Crippen molar-refractivity contribution in [3.05, 3.63) is 0 Å². The predicted octanol–water partition coefficient (Wildman–Crippen LogP) is 1.19. The third-order valence-corrected chi connectivity index (χ3v) is 5.66. The minimum atomic E-state index is -0.526. The van der Waals surface area contributed by atoms with Crippen molar-refractivity contribution in [1.82, 2.24) is 10.2 Å². The van der Waals surface area contributed by atoms with Gasteiger partial charge in [-0.3, -0.25) is 4.79 Å². The van der Waals surface area contributed by atoms with E-state index >= 15 is 0 Å². The van der Waals surface area contributed by atoms with Crippen LogP contribution >= 0.6 is 12.2 Å². The van der Waals surface area contributed by atoms with Gasteiger partial charge in [-0.2, -0.15) is 0 Å². The van der Waals surface area contributed by atoms with E-state index in [1.54, 1.807) is 0 Å². The molecule has 106 valence electrons. The number of hydrogen-bond acceptors (Lipinski definition) is 3. The summed E-state index contributed by atoms with van der Waals surface area (Å²) in [6.45, 7) is 2.36. The summed E-state index contributed by atoms with van der Waals surface area (Å²) >= 11 is 5.11. The average Bonchev–Trinajstić information content (AvgIpc) is 2.73. The maximum absolute atomic E-state index is 12.5. The number of amides is 1. The Labute approximate surface area is 120 Å². The predicted molar refractivity (Wildman–Crippen MR) is 78.8 cm³/mol. The van der Waals surface area contributed by atoms with E-state index in [4.69, 9.17) is 18.0 Å². The van der Waals surface area contributed by atoms with Crippen LogP contribution in [0, 0.1) is 5.41 Å². The van der Waals surface area contributed by atoms with Gasteiger partial charge in [0.05, 0.1) is 10.4 Å². The minimum absolute atomic E-state index is 0.0858. The lowest BCUT2D eigenvalue weighted by atomic mass is 9.68. The highest BCUT2D eigenvalue weighted by Gasteiger charge is 2.47. The lowest BCUT2D eigenvalue weighted by molar-refractivity contribution is -0.132. The quantitative estimate of drug-likeness (QED) is 0.763. The van der Waals surface area contributed by atoms with Crippen LogP contribution in [0.3, 0.4) is 0 Å². The Morgan fingerprint density at radius 3 is 2.68 bits per heavy atom. The molecule has 3 N–H and O–H groups in total. The molecule has 19 heavy (non-hydrogen) atoms. The fraction of sp³-hybridized carbons (Fsp3) is 0.857. The fourth-order valence-electron chi connectivity index (χ4n) is 3.79. The third-order valence-electron chi connectivity index (χ3n) is 5.27. The molecule has 3 fully saturated rings. The molecule has 0 radical (unpaired) electrons. The first-order chi connectivity index (χ1) is 9.12. The van der Waals surface area contributed by atoms with Crippen molar-refractivity contribution in [1.29, 1.82) is 0 Å². The molecule has 0 aromatic rings. The molecule has 1 saturated carbocycles. The summed E-state index contributed by atoms with van der Waals surface area (Å²) in [6.07, 6.45) is 7.47. The highest BCUT2D eigenvalue weighted by molar-refractivity contribution is 7.80. The zero-order valence-corrected chi connectivity index (χ0v) is 12.2. The molecule has 5 heteroatoms. The van der Waals surface area contributed by atoms with Crippen molar-refractivity contribution in [2.75, 3.05) is 13.1 Å². The van der Waals surface area contributed by atoms with Gasteiger partial charge in [0.25, 0.3) is 0 Å². The number of carbonyl (C=O) groups excluding carboxylic acids is 1. The molecule has 0 aromatic heterocycles. The van der Waals surface area contributed by atoms with Crippen molar-refractivity contribution < 1.29 is 4.79 Å². The monoisotopic (exact) mass is 281 g/mol. The number of piperidine rings is 1. The van der Waals surface area contributed by atoms with E-state index in [0.29, 0.717) is 17.1 Å². The molecular formula is C14H23N3OS. The van der Waals surface area contributed by atoms with Crippen molar-refractivity contribution in [3.8, 4) is 0 Å². The van der Waals surface area contributed by atoms with E-state index in [2.05, 4.69) is 10.2 Å². The highest BCUT2D eigenvalue weighted by atomic mass is 32.1. The van der Waals surface area contributed by atoms with E-state index in [1.807, 2.05) is 0 Å². The minimum Gasteiger partial charge on any atom is -0.392 e. The largest absolute Gasteiger partial charge is 0.392 e. The standard InChI is InChI=1S/C14H23N3OS/c15-12(19)14(5-2-6-14)13(18)16-10-4-8-17-7-1-3-11(17)9-10/h10-11H,1-9H2,(H2,15,19)(H,16,18). The van der Waals surface area contributed by atoms with Gasteiger partial charge in [0, 0.05) is 18.6 Å². The molecule has 0 aromatic carbocycles. The fourth-order valence-corrected chi connectivity index (χ4v) is 4.09. The lowest BCUT2D eigenvalue weighted by Gasteiger charge is -2.42. The Balaban J connectivity index is 1.59. The molecular weight excluding hydrogens is 258 g/mol. The van der Waals surface area contributed by atoms with Gasteiger partial charge < -0.3 is 16.0 Å². The van der Waals surface area contributed by atoms with Gasteiger partial charge in [-0.05, 0) is 45.1 Å². The number of nitrogens with zero attached hydrogens (tertiary/aromatic N) is 1. The van der Waals surface area contributed by atoms with E-state index in [-0.39, 0.29) is 5.91 Å². The summed E-state index contributed by atoms with van der Waals surface area (Å²) in [7, 11) is 0. The SMILES string of the molecule is NC(=S)C1(C(=O)NC2CCN3CCCC3C2)CCC1. The molecule has 2 atom stereocenters. The number of thiocarbonyl (C=S) groups is 1. The van der Waals surface area contributed by atoms with Crippen LogP contribution in [0.1, 0.15) is 44.9 Å². The molecule has 0 spiro atoms. The topological polar surface area (TPSA) is 58.4 Å². The molecule has 2 saturated heterocycles. The zero-order valence-electron chi connectivity index (χ0n) is 11.4. The number of carbonyl (C=O) groups is 1. The van der Waals surface area contributed by atoms with E-state index < -0.39 is 5.41 Å². The summed E-state index contributed by atoms with van der Waals surface area (Å²) in [4.78, 5) is 15.4. The molecule has 4 nitrogen and oxygen atoms in total. The van der Waals surface area contributed by atoms with E-state index in [9.17, 15) is 4.79 Å². The van der Waals surface area contributed by atoms with Crippen molar-refractivity contribution in [3.63, 3.8) is 0 Å². The first-order valence-corrected chi connectivity index (χ1v) is 7.87. The van der Waals surface area contributed by atoms with Crippen LogP contribution < -0.4 is 11.1 Å². The molecule has 2 heterocycles. The Morgan fingerprint density at radius 1 is 1.26 bits per heavy atom. The third kappa shape index (κ3) is 2.27. The Hall–Kier alpha value is -0.680.